The molecule has 2 aromatic carbocycles. The Balaban J connectivity index is 1.57. The number of hydrogen-bond acceptors (Lipinski definition) is 6. The Morgan fingerprint density at radius 1 is 1.03 bits per heavy atom. The molecular weight excluding hydrogens is 430 g/mol. The van der Waals surface area contributed by atoms with E-state index < -0.39 is 0 Å². The highest BCUT2D eigenvalue weighted by Gasteiger charge is 2.32. The molecular formula is C27H31N3O4. The van der Waals surface area contributed by atoms with Crippen molar-refractivity contribution >= 4 is 28.6 Å². The van der Waals surface area contributed by atoms with E-state index in [1.54, 1.807) is 6.07 Å². The minimum Gasteiger partial charge on any atom is -0.454 e. The van der Waals surface area contributed by atoms with Gasteiger partial charge in [0.2, 0.25) is 6.79 Å². The summed E-state index contributed by atoms with van der Waals surface area (Å²) < 4.78 is 11.1. The Labute approximate surface area is 200 Å². The minimum absolute atomic E-state index is 0.0566. The molecule has 1 saturated carbocycles. The molecule has 0 radical (unpaired) electrons. The summed E-state index contributed by atoms with van der Waals surface area (Å²) in [5, 5.41) is 6.70. The largest absolute Gasteiger partial charge is 0.454 e. The van der Waals surface area contributed by atoms with E-state index in [4.69, 9.17) is 9.47 Å². The quantitative estimate of drug-likeness (QED) is 0.494. The summed E-state index contributed by atoms with van der Waals surface area (Å²) in [5.74, 6) is 1.26. The number of hydrogen-bond donors (Lipinski definition) is 2. The third kappa shape index (κ3) is 4.16. The summed E-state index contributed by atoms with van der Waals surface area (Å²) >= 11 is 0. The van der Waals surface area contributed by atoms with Crippen LogP contribution in [0.1, 0.15) is 60.5 Å². The Morgan fingerprint density at radius 3 is 2.50 bits per heavy atom. The Kier molecular flexibility index (Phi) is 6.04. The maximum absolute atomic E-state index is 13.3. The maximum Gasteiger partial charge on any atom is 0.258 e. The highest BCUT2D eigenvalue weighted by molar-refractivity contribution is 6.36. The summed E-state index contributed by atoms with van der Waals surface area (Å²) in [4.78, 5) is 27.9. The van der Waals surface area contributed by atoms with Crippen LogP contribution in [-0.4, -0.2) is 49.6 Å². The average molecular weight is 462 g/mol. The SMILES string of the molecule is CCC(=O)c1ccc2c(c1)/C(=C(/N[C@H]1CC[C@H](N(C)C)CC1)c1ccc3c(c1)OCO3)C(=O)N2. The number of anilines is 1. The standard InChI is InChI=1S/C27H31N3O4/c1-4-22(31)16-5-11-21-20(13-16)25(27(32)29-21)26(17-6-12-23-24(14-17)34-15-33-23)28-18-7-9-19(10-8-18)30(2)3/h5-6,11-14,18-19,28H,4,7-10,15H2,1-3H3,(H,29,32)/b26-25-/t18-,19-. The molecule has 0 atom stereocenters. The van der Waals surface area contributed by atoms with Crippen LogP contribution in [0, 0.1) is 0 Å². The first-order chi connectivity index (χ1) is 16.4. The van der Waals surface area contributed by atoms with Gasteiger partial charge in [0.1, 0.15) is 0 Å². The number of nitrogens with zero attached hydrogens (tertiary/aromatic N) is 1. The van der Waals surface area contributed by atoms with Crippen LogP contribution in [0.4, 0.5) is 5.69 Å². The molecule has 3 aliphatic rings. The molecule has 7 nitrogen and oxygen atoms in total. The molecule has 0 saturated heterocycles. The van der Waals surface area contributed by atoms with Gasteiger partial charge < -0.3 is 25.0 Å². The highest BCUT2D eigenvalue weighted by atomic mass is 16.7. The number of fused-ring (bicyclic) bond motifs is 2. The van der Waals surface area contributed by atoms with E-state index in [2.05, 4.69) is 29.6 Å². The molecule has 178 valence electrons. The molecule has 1 fully saturated rings. The molecule has 1 aliphatic carbocycles. The van der Waals surface area contributed by atoms with Gasteiger partial charge in [0.05, 0.1) is 11.3 Å². The van der Waals surface area contributed by atoms with Gasteiger partial charge in [0, 0.05) is 40.9 Å². The van der Waals surface area contributed by atoms with Crippen LogP contribution < -0.4 is 20.1 Å². The van der Waals surface area contributed by atoms with Gasteiger partial charge in [-0.15, -0.1) is 0 Å². The van der Waals surface area contributed by atoms with Crippen LogP contribution in [-0.2, 0) is 4.79 Å². The maximum atomic E-state index is 13.3. The molecule has 5 rings (SSSR count). The molecule has 0 aromatic heterocycles. The van der Waals surface area contributed by atoms with Crippen LogP contribution in [0.5, 0.6) is 11.5 Å². The van der Waals surface area contributed by atoms with Crippen LogP contribution in [0.3, 0.4) is 0 Å². The lowest BCUT2D eigenvalue weighted by Gasteiger charge is -2.34. The van der Waals surface area contributed by atoms with Crippen LogP contribution in [0.25, 0.3) is 11.3 Å². The van der Waals surface area contributed by atoms with Gasteiger partial charge in [0.15, 0.2) is 17.3 Å². The van der Waals surface area contributed by atoms with E-state index in [0.29, 0.717) is 35.1 Å². The lowest BCUT2D eigenvalue weighted by atomic mass is 9.89. The monoisotopic (exact) mass is 461 g/mol. The highest BCUT2D eigenvalue weighted by Crippen LogP contribution is 2.40. The van der Waals surface area contributed by atoms with Crippen molar-refractivity contribution in [3.8, 4) is 11.5 Å². The fourth-order valence-electron chi connectivity index (χ4n) is 5.09. The first-order valence-corrected chi connectivity index (χ1v) is 12.0. The minimum atomic E-state index is -0.168. The van der Waals surface area contributed by atoms with E-state index >= 15 is 0 Å². The zero-order valence-electron chi connectivity index (χ0n) is 19.9. The summed E-state index contributed by atoms with van der Waals surface area (Å²) in [5.41, 5.74) is 4.30. The zero-order chi connectivity index (χ0) is 23.8. The number of carbonyl (C=O) groups excluding carboxylic acids is 2. The van der Waals surface area contributed by atoms with Crippen molar-refractivity contribution in [3.05, 3.63) is 53.1 Å². The molecule has 34 heavy (non-hydrogen) atoms. The summed E-state index contributed by atoms with van der Waals surface area (Å²) in [6, 6.07) is 12.0. The van der Waals surface area contributed by atoms with Gasteiger partial charge in [-0.25, -0.2) is 0 Å². The van der Waals surface area contributed by atoms with Crippen LogP contribution in [0.2, 0.25) is 0 Å². The first kappa shape index (κ1) is 22.5. The van der Waals surface area contributed by atoms with Crippen molar-refractivity contribution in [1.82, 2.24) is 10.2 Å². The number of benzene rings is 2. The lowest BCUT2D eigenvalue weighted by molar-refractivity contribution is -0.110. The van der Waals surface area contributed by atoms with Crippen molar-refractivity contribution in [3.63, 3.8) is 0 Å². The van der Waals surface area contributed by atoms with Crippen molar-refractivity contribution in [2.45, 2.75) is 51.1 Å². The normalized spacial score (nSPS) is 22.4. The van der Waals surface area contributed by atoms with E-state index in [1.165, 1.54) is 0 Å². The number of Topliss-reactive ketones (excluding diaryl/α,β-unsaturated/α-hetero) is 1. The molecule has 7 heteroatoms. The summed E-state index contributed by atoms with van der Waals surface area (Å²) in [6.45, 7) is 2.04. The molecule has 2 heterocycles. The lowest BCUT2D eigenvalue weighted by Crippen LogP contribution is -2.39. The molecule has 2 aliphatic heterocycles. The van der Waals surface area contributed by atoms with Crippen molar-refractivity contribution in [2.24, 2.45) is 0 Å². The topological polar surface area (TPSA) is 79.9 Å². The molecule has 0 spiro atoms. The molecule has 2 N–H and O–H groups in total. The first-order valence-electron chi connectivity index (χ1n) is 12.0. The third-order valence-corrected chi connectivity index (χ3v) is 7.09. The van der Waals surface area contributed by atoms with E-state index in [-0.39, 0.29) is 24.5 Å². The average Bonchev–Trinajstić information content (AvgIpc) is 3.44. The summed E-state index contributed by atoms with van der Waals surface area (Å²) in [7, 11) is 4.26. The number of rotatable bonds is 6. The fraction of sp³-hybridized carbons (Fsp3) is 0.407. The van der Waals surface area contributed by atoms with Crippen molar-refractivity contribution < 1.29 is 19.1 Å². The van der Waals surface area contributed by atoms with E-state index in [1.807, 2.05) is 37.3 Å². The molecule has 0 unspecified atom stereocenters. The molecule has 2 aromatic rings. The molecule has 0 bridgehead atoms. The van der Waals surface area contributed by atoms with Gasteiger partial charge >= 0.3 is 0 Å². The predicted octanol–water partition coefficient (Wildman–Crippen LogP) is 4.29. The number of ether oxygens (including phenoxy) is 2. The smallest absolute Gasteiger partial charge is 0.258 e. The Bertz CT molecular complexity index is 1160. The predicted molar refractivity (Wildman–Crippen MR) is 132 cm³/mol. The van der Waals surface area contributed by atoms with Gasteiger partial charge in [-0.1, -0.05) is 6.92 Å². The second kappa shape index (κ2) is 9.14. The number of amides is 1. The van der Waals surface area contributed by atoms with Crippen LogP contribution >= 0.6 is 0 Å². The van der Waals surface area contributed by atoms with Crippen LogP contribution in [0.15, 0.2) is 36.4 Å². The number of ketones is 1. The second-order valence-electron chi connectivity index (χ2n) is 9.42. The second-order valence-corrected chi connectivity index (χ2v) is 9.42. The Hall–Kier alpha value is -3.32. The molecule has 1 amide bonds. The fourth-order valence-corrected chi connectivity index (χ4v) is 5.09. The Morgan fingerprint density at radius 2 is 1.76 bits per heavy atom. The summed E-state index contributed by atoms with van der Waals surface area (Å²) in [6.07, 6.45) is 4.67. The number of nitrogens with one attached hydrogen (secondary N) is 2. The van der Waals surface area contributed by atoms with Gasteiger partial charge in [-0.2, -0.15) is 0 Å². The van der Waals surface area contributed by atoms with Gasteiger partial charge in [0.25, 0.3) is 5.91 Å². The van der Waals surface area contributed by atoms with Gasteiger partial charge in [-0.3, -0.25) is 9.59 Å². The number of carbonyl (C=O) groups is 2. The van der Waals surface area contributed by atoms with E-state index in [0.717, 1.165) is 48.2 Å². The van der Waals surface area contributed by atoms with Crippen molar-refractivity contribution in [2.75, 3.05) is 26.2 Å². The third-order valence-electron chi connectivity index (χ3n) is 7.09. The van der Waals surface area contributed by atoms with Crippen molar-refractivity contribution in [1.29, 1.82) is 0 Å². The zero-order valence-corrected chi connectivity index (χ0v) is 19.9. The van der Waals surface area contributed by atoms with E-state index in [9.17, 15) is 9.59 Å². The van der Waals surface area contributed by atoms with Gasteiger partial charge in [-0.05, 0) is 76.2 Å².